The van der Waals surface area contributed by atoms with Crippen LogP contribution in [0.4, 0.5) is 5.82 Å². The number of benzene rings is 2. The maximum Gasteiger partial charge on any atom is 0.261 e. The van der Waals surface area contributed by atoms with Crippen LogP contribution in [0, 0.1) is 13.8 Å². The van der Waals surface area contributed by atoms with Gasteiger partial charge in [0.1, 0.15) is 5.82 Å². The molecule has 5 heteroatoms. The molecule has 0 spiro atoms. The lowest BCUT2D eigenvalue weighted by atomic mass is 10.1. The third-order valence-electron chi connectivity index (χ3n) is 4.67. The lowest BCUT2D eigenvalue weighted by Crippen LogP contribution is -2.09. The highest BCUT2D eigenvalue weighted by molar-refractivity contribution is 5.70. The van der Waals surface area contributed by atoms with Crippen molar-refractivity contribution in [2.45, 2.75) is 26.8 Å². The summed E-state index contributed by atoms with van der Waals surface area (Å²) in [5.74, 6) is 1.73. The highest BCUT2D eigenvalue weighted by Gasteiger charge is 2.16. The summed E-state index contributed by atoms with van der Waals surface area (Å²) in [7, 11) is 0. The van der Waals surface area contributed by atoms with E-state index in [2.05, 4.69) is 58.6 Å². The number of hydrogen-bond acceptors (Lipinski definition) is 5. The summed E-state index contributed by atoms with van der Waals surface area (Å²) in [6, 6.07) is 20.4. The van der Waals surface area contributed by atoms with E-state index in [4.69, 9.17) is 4.52 Å². The maximum atomic E-state index is 5.55. The lowest BCUT2D eigenvalue weighted by molar-refractivity contribution is 0.432. The van der Waals surface area contributed by atoms with Gasteiger partial charge in [-0.2, -0.15) is 4.98 Å². The number of aryl methyl sites for hydroxylation is 2. The highest BCUT2D eigenvalue weighted by Crippen LogP contribution is 2.29. The van der Waals surface area contributed by atoms with Crippen LogP contribution in [-0.2, 0) is 0 Å². The van der Waals surface area contributed by atoms with Gasteiger partial charge in [-0.1, -0.05) is 58.7 Å². The maximum absolute atomic E-state index is 5.55. The molecule has 1 N–H and O–H groups in total. The zero-order chi connectivity index (χ0) is 19.5. The van der Waals surface area contributed by atoms with Crippen LogP contribution in [-0.4, -0.2) is 15.1 Å². The van der Waals surface area contributed by atoms with Crippen LogP contribution in [0.15, 0.2) is 71.4 Å². The molecule has 0 saturated heterocycles. The molecule has 4 rings (SSSR count). The number of aromatic nitrogens is 3. The van der Waals surface area contributed by atoms with Gasteiger partial charge in [-0.25, -0.2) is 4.98 Å². The number of nitrogens with one attached hydrogen (secondary N) is 1. The first-order chi connectivity index (χ1) is 13.6. The summed E-state index contributed by atoms with van der Waals surface area (Å²) in [6.45, 7) is 6.23. The van der Waals surface area contributed by atoms with Crippen LogP contribution >= 0.6 is 0 Å². The van der Waals surface area contributed by atoms with Crippen LogP contribution in [0.2, 0.25) is 0 Å². The Morgan fingerprint density at radius 2 is 1.75 bits per heavy atom. The van der Waals surface area contributed by atoms with E-state index in [0.717, 1.165) is 22.5 Å². The first-order valence-electron chi connectivity index (χ1n) is 9.29. The molecule has 2 aromatic heterocycles. The van der Waals surface area contributed by atoms with Crippen molar-refractivity contribution in [2.24, 2.45) is 0 Å². The van der Waals surface area contributed by atoms with Crippen molar-refractivity contribution in [2.75, 3.05) is 5.32 Å². The van der Waals surface area contributed by atoms with Gasteiger partial charge >= 0.3 is 0 Å². The topological polar surface area (TPSA) is 63.8 Å². The van der Waals surface area contributed by atoms with Gasteiger partial charge in [0.25, 0.3) is 5.89 Å². The molecule has 1 atom stereocenters. The number of anilines is 1. The molecule has 0 aliphatic heterocycles. The quantitative estimate of drug-likeness (QED) is 0.496. The van der Waals surface area contributed by atoms with Gasteiger partial charge in [-0.15, -0.1) is 0 Å². The smallest absolute Gasteiger partial charge is 0.261 e. The molecule has 0 amide bonds. The molecule has 0 radical (unpaired) electrons. The number of rotatable bonds is 5. The van der Waals surface area contributed by atoms with Crippen LogP contribution in [0.25, 0.3) is 22.8 Å². The molecular formula is C23H22N4O. The second kappa shape index (κ2) is 7.64. The highest BCUT2D eigenvalue weighted by atomic mass is 16.5. The van der Waals surface area contributed by atoms with Crippen molar-refractivity contribution in [3.8, 4) is 22.8 Å². The molecule has 140 valence electrons. The summed E-state index contributed by atoms with van der Waals surface area (Å²) in [5.41, 5.74) is 5.30. The molecule has 0 aliphatic rings. The standard InChI is InChI=1S/C23H22N4O/c1-15-9-11-18(12-10-15)17(3)25-22-20(8-5-13-24-22)23-26-21(27-28-23)19-7-4-6-16(2)14-19/h4-14,17H,1-3H3,(H,24,25)/t17-/m0/s1. The van der Waals surface area contributed by atoms with Crippen molar-refractivity contribution in [1.82, 2.24) is 15.1 Å². The number of hydrogen-bond donors (Lipinski definition) is 1. The van der Waals surface area contributed by atoms with Gasteiger partial charge in [0, 0.05) is 17.8 Å². The summed E-state index contributed by atoms with van der Waals surface area (Å²) in [4.78, 5) is 9.08. The van der Waals surface area contributed by atoms with E-state index in [0.29, 0.717) is 11.7 Å². The molecule has 4 aromatic rings. The Hall–Kier alpha value is -3.47. The summed E-state index contributed by atoms with van der Waals surface area (Å²) in [6.07, 6.45) is 1.76. The van der Waals surface area contributed by atoms with Crippen LogP contribution in [0.1, 0.15) is 29.7 Å². The van der Waals surface area contributed by atoms with Gasteiger partial charge in [-0.05, 0) is 44.5 Å². The molecule has 0 bridgehead atoms. The van der Waals surface area contributed by atoms with Gasteiger partial charge < -0.3 is 9.84 Å². The van der Waals surface area contributed by atoms with Crippen molar-refractivity contribution < 1.29 is 4.52 Å². The summed E-state index contributed by atoms with van der Waals surface area (Å²) < 4.78 is 5.55. The Bertz CT molecular complexity index is 1090. The van der Waals surface area contributed by atoms with Crippen molar-refractivity contribution in [3.05, 3.63) is 83.6 Å². The fraction of sp³-hybridized carbons (Fsp3) is 0.174. The second-order valence-electron chi connectivity index (χ2n) is 6.97. The zero-order valence-electron chi connectivity index (χ0n) is 16.2. The Balaban J connectivity index is 1.62. The van der Waals surface area contributed by atoms with Crippen molar-refractivity contribution in [1.29, 1.82) is 0 Å². The molecular weight excluding hydrogens is 348 g/mol. The van der Waals surface area contributed by atoms with Gasteiger partial charge in [-0.3, -0.25) is 0 Å². The third kappa shape index (κ3) is 3.78. The SMILES string of the molecule is Cc1ccc([C@H](C)Nc2ncccc2-c2nc(-c3cccc(C)c3)no2)cc1. The van der Waals surface area contributed by atoms with E-state index in [1.807, 2.05) is 43.3 Å². The Morgan fingerprint density at radius 3 is 2.54 bits per heavy atom. The molecule has 0 aliphatic carbocycles. The second-order valence-corrected chi connectivity index (χ2v) is 6.97. The molecule has 0 unspecified atom stereocenters. The van der Waals surface area contributed by atoms with Gasteiger partial charge in [0.15, 0.2) is 0 Å². The Labute approximate surface area is 164 Å². The largest absolute Gasteiger partial charge is 0.363 e. The summed E-state index contributed by atoms with van der Waals surface area (Å²) in [5, 5.41) is 7.61. The Kier molecular flexibility index (Phi) is 4.89. The van der Waals surface area contributed by atoms with E-state index in [9.17, 15) is 0 Å². The minimum Gasteiger partial charge on any atom is -0.363 e. The number of pyridine rings is 1. The molecule has 0 saturated carbocycles. The normalized spacial score (nSPS) is 12.0. The van der Waals surface area contributed by atoms with Crippen LogP contribution < -0.4 is 5.32 Å². The average Bonchev–Trinajstić information content (AvgIpc) is 3.19. The van der Waals surface area contributed by atoms with Crippen molar-refractivity contribution >= 4 is 5.82 Å². The number of nitrogens with zero attached hydrogens (tertiary/aromatic N) is 3. The van der Waals surface area contributed by atoms with Gasteiger partial charge in [0.2, 0.25) is 5.82 Å². The van der Waals surface area contributed by atoms with Gasteiger partial charge in [0.05, 0.1) is 5.56 Å². The van der Waals surface area contributed by atoms with E-state index >= 15 is 0 Å². The minimum absolute atomic E-state index is 0.0911. The van der Waals surface area contributed by atoms with E-state index < -0.39 is 0 Å². The van der Waals surface area contributed by atoms with E-state index in [1.54, 1.807) is 6.20 Å². The average molecular weight is 370 g/mol. The molecule has 5 nitrogen and oxygen atoms in total. The molecule has 0 fully saturated rings. The zero-order valence-corrected chi connectivity index (χ0v) is 16.2. The Morgan fingerprint density at radius 1 is 0.929 bits per heavy atom. The molecule has 2 heterocycles. The lowest BCUT2D eigenvalue weighted by Gasteiger charge is -2.16. The monoisotopic (exact) mass is 370 g/mol. The first-order valence-corrected chi connectivity index (χ1v) is 9.29. The third-order valence-corrected chi connectivity index (χ3v) is 4.67. The van der Waals surface area contributed by atoms with Crippen LogP contribution in [0.5, 0.6) is 0 Å². The fourth-order valence-corrected chi connectivity index (χ4v) is 3.07. The molecule has 2 aromatic carbocycles. The summed E-state index contributed by atoms with van der Waals surface area (Å²) >= 11 is 0. The van der Waals surface area contributed by atoms with Crippen LogP contribution in [0.3, 0.4) is 0 Å². The first kappa shape index (κ1) is 17.9. The molecule has 28 heavy (non-hydrogen) atoms. The van der Waals surface area contributed by atoms with E-state index in [-0.39, 0.29) is 6.04 Å². The van der Waals surface area contributed by atoms with Crippen molar-refractivity contribution in [3.63, 3.8) is 0 Å². The predicted molar refractivity (Wildman–Crippen MR) is 111 cm³/mol. The minimum atomic E-state index is 0.0911. The fourth-order valence-electron chi connectivity index (χ4n) is 3.07. The predicted octanol–water partition coefficient (Wildman–Crippen LogP) is 5.59. The van der Waals surface area contributed by atoms with E-state index in [1.165, 1.54) is 11.1 Å².